The van der Waals surface area contributed by atoms with Crippen molar-refractivity contribution in [3.8, 4) is 0 Å². The van der Waals surface area contributed by atoms with E-state index in [2.05, 4.69) is 29.2 Å². The van der Waals surface area contributed by atoms with Gasteiger partial charge in [0.25, 0.3) is 0 Å². The lowest BCUT2D eigenvalue weighted by Gasteiger charge is -2.24. The smallest absolute Gasteiger partial charge is 0.152 e. The van der Waals surface area contributed by atoms with Gasteiger partial charge >= 0.3 is 0 Å². The van der Waals surface area contributed by atoms with Crippen LogP contribution in [0.4, 0.5) is 5.82 Å². The minimum absolute atomic E-state index is 0.165. The third-order valence-electron chi connectivity index (χ3n) is 3.07. The van der Waals surface area contributed by atoms with Gasteiger partial charge in [0.05, 0.1) is 5.69 Å². The second-order valence-corrected chi connectivity index (χ2v) is 5.45. The first-order valence-corrected chi connectivity index (χ1v) is 6.27. The molecule has 0 bridgehead atoms. The molecule has 5 heteroatoms. The van der Waals surface area contributed by atoms with Crippen molar-refractivity contribution < 1.29 is 0 Å². The molecule has 0 unspecified atom stereocenters. The zero-order valence-electron chi connectivity index (χ0n) is 11.3. The lowest BCUT2D eigenvalue weighted by Crippen LogP contribution is -2.26. The number of fused-ring (bicyclic) bond motifs is 1. The molecular formula is C13H21N5. The number of aromatic nitrogens is 3. The summed E-state index contributed by atoms with van der Waals surface area (Å²) in [6, 6.07) is 2.03. The summed E-state index contributed by atoms with van der Waals surface area (Å²) in [5.74, 6) is 0.878. The van der Waals surface area contributed by atoms with Gasteiger partial charge in [-0.05, 0) is 31.4 Å². The number of hydrogen-bond acceptors (Lipinski definition) is 4. The molecule has 2 aromatic rings. The Hall–Kier alpha value is -1.62. The molecule has 5 nitrogen and oxygen atoms in total. The Morgan fingerprint density at radius 1 is 1.44 bits per heavy atom. The highest BCUT2D eigenvalue weighted by atomic mass is 15.2. The van der Waals surface area contributed by atoms with Gasteiger partial charge in [-0.3, -0.25) is 0 Å². The molecule has 2 heterocycles. The number of rotatable bonds is 5. The summed E-state index contributed by atoms with van der Waals surface area (Å²) in [5.41, 5.74) is 7.79. The minimum atomic E-state index is 0.165. The number of anilines is 1. The van der Waals surface area contributed by atoms with E-state index >= 15 is 0 Å². The van der Waals surface area contributed by atoms with Crippen LogP contribution in [0.15, 0.2) is 18.5 Å². The highest BCUT2D eigenvalue weighted by Gasteiger charge is 2.17. The molecule has 0 amide bonds. The van der Waals surface area contributed by atoms with Crippen molar-refractivity contribution in [1.82, 2.24) is 14.6 Å². The Morgan fingerprint density at radius 3 is 2.94 bits per heavy atom. The molecule has 98 valence electrons. The van der Waals surface area contributed by atoms with Crippen LogP contribution in [0.25, 0.3) is 5.52 Å². The number of hydrogen-bond donors (Lipinski definition) is 2. The van der Waals surface area contributed by atoms with Crippen LogP contribution < -0.4 is 11.1 Å². The Bertz CT molecular complexity index is 529. The van der Waals surface area contributed by atoms with E-state index in [4.69, 9.17) is 5.73 Å². The largest absolute Gasteiger partial charge is 0.368 e. The molecule has 2 rings (SSSR count). The minimum Gasteiger partial charge on any atom is -0.368 e. The predicted octanol–water partition coefficient (Wildman–Crippen LogP) is 1.82. The second-order valence-electron chi connectivity index (χ2n) is 5.45. The number of aryl methyl sites for hydroxylation is 1. The summed E-state index contributed by atoms with van der Waals surface area (Å²) >= 11 is 0. The van der Waals surface area contributed by atoms with Crippen molar-refractivity contribution in [1.29, 1.82) is 0 Å². The van der Waals surface area contributed by atoms with Gasteiger partial charge in [-0.15, -0.1) is 0 Å². The molecule has 0 saturated carbocycles. The highest BCUT2D eigenvalue weighted by molar-refractivity contribution is 5.67. The van der Waals surface area contributed by atoms with Crippen molar-refractivity contribution in [2.45, 2.75) is 27.2 Å². The molecule has 0 atom stereocenters. The van der Waals surface area contributed by atoms with Crippen LogP contribution >= 0.6 is 0 Å². The van der Waals surface area contributed by atoms with E-state index in [1.54, 1.807) is 6.20 Å². The van der Waals surface area contributed by atoms with Gasteiger partial charge < -0.3 is 11.1 Å². The van der Waals surface area contributed by atoms with Gasteiger partial charge in [-0.2, -0.15) is 5.10 Å². The first-order chi connectivity index (χ1) is 8.52. The molecule has 0 aliphatic carbocycles. The van der Waals surface area contributed by atoms with Crippen molar-refractivity contribution in [2.24, 2.45) is 11.1 Å². The first kappa shape index (κ1) is 12.8. The molecule has 18 heavy (non-hydrogen) atoms. The molecule has 3 N–H and O–H groups in total. The van der Waals surface area contributed by atoms with Crippen molar-refractivity contribution in [3.63, 3.8) is 0 Å². The molecule has 2 aromatic heterocycles. The molecule has 0 radical (unpaired) electrons. The van der Waals surface area contributed by atoms with Crippen LogP contribution in [-0.4, -0.2) is 27.7 Å². The Labute approximate surface area is 107 Å². The molecule has 0 aliphatic heterocycles. The van der Waals surface area contributed by atoms with E-state index in [0.717, 1.165) is 30.0 Å². The van der Waals surface area contributed by atoms with Crippen molar-refractivity contribution in [3.05, 3.63) is 24.2 Å². The number of nitrogens with zero attached hydrogens (tertiary/aromatic N) is 3. The van der Waals surface area contributed by atoms with Crippen LogP contribution in [0, 0.1) is 12.3 Å². The average Bonchev–Trinajstić information content (AvgIpc) is 2.67. The number of nitrogens with one attached hydrogen (secondary N) is 1. The summed E-state index contributed by atoms with van der Waals surface area (Å²) in [7, 11) is 0. The Balaban J connectivity index is 2.17. The summed E-state index contributed by atoms with van der Waals surface area (Å²) in [6.45, 7) is 7.94. The van der Waals surface area contributed by atoms with Gasteiger partial charge in [0, 0.05) is 18.9 Å². The molecule has 0 spiro atoms. The highest BCUT2D eigenvalue weighted by Crippen LogP contribution is 2.21. The van der Waals surface area contributed by atoms with Crippen LogP contribution in [0.5, 0.6) is 0 Å². The van der Waals surface area contributed by atoms with E-state index in [9.17, 15) is 0 Å². The second kappa shape index (κ2) is 4.94. The van der Waals surface area contributed by atoms with Crippen LogP contribution in [0.3, 0.4) is 0 Å². The zero-order valence-corrected chi connectivity index (χ0v) is 11.3. The van der Waals surface area contributed by atoms with Gasteiger partial charge in [0.1, 0.15) is 5.52 Å². The number of nitrogens with two attached hydrogens (primary N) is 1. The lowest BCUT2D eigenvalue weighted by atomic mass is 9.89. The third kappa shape index (κ3) is 2.79. The topological polar surface area (TPSA) is 68.2 Å². The van der Waals surface area contributed by atoms with E-state index in [-0.39, 0.29) is 5.41 Å². The SMILES string of the molecule is Cc1cc2c(NCC(C)(C)CCN)nccn2n1. The maximum absolute atomic E-state index is 5.62. The normalized spacial score (nSPS) is 12.0. The predicted molar refractivity (Wildman–Crippen MR) is 73.7 cm³/mol. The Morgan fingerprint density at radius 2 is 2.22 bits per heavy atom. The fraction of sp³-hybridized carbons (Fsp3) is 0.538. The lowest BCUT2D eigenvalue weighted by molar-refractivity contribution is 0.365. The van der Waals surface area contributed by atoms with Crippen LogP contribution in [0.2, 0.25) is 0 Å². The molecule has 0 saturated heterocycles. The standard InChI is InChI=1S/C13H21N5/c1-10-8-11-12(15-6-7-18(11)17-10)16-9-13(2,3)4-5-14/h6-8H,4-5,9,14H2,1-3H3,(H,15,16). The van der Waals surface area contributed by atoms with E-state index in [1.165, 1.54) is 0 Å². The fourth-order valence-corrected chi connectivity index (χ4v) is 1.98. The van der Waals surface area contributed by atoms with Gasteiger partial charge in [-0.25, -0.2) is 9.50 Å². The van der Waals surface area contributed by atoms with E-state index in [1.807, 2.05) is 23.7 Å². The summed E-state index contributed by atoms with van der Waals surface area (Å²) in [5, 5.41) is 7.77. The van der Waals surface area contributed by atoms with Crippen LogP contribution in [-0.2, 0) is 0 Å². The molecule has 0 fully saturated rings. The monoisotopic (exact) mass is 247 g/mol. The summed E-state index contributed by atoms with van der Waals surface area (Å²) < 4.78 is 1.85. The maximum atomic E-state index is 5.62. The van der Waals surface area contributed by atoms with E-state index in [0.29, 0.717) is 6.54 Å². The average molecular weight is 247 g/mol. The quantitative estimate of drug-likeness (QED) is 0.845. The molecule has 0 aliphatic rings. The fourth-order valence-electron chi connectivity index (χ4n) is 1.98. The van der Waals surface area contributed by atoms with Crippen molar-refractivity contribution in [2.75, 3.05) is 18.4 Å². The molecular weight excluding hydrogens is 226 g/mol. The zero-order chi connectivity index (χ0) is 13.2. The van der Waals surface area contributed by atoms with Gasteiger partial charge in [0.2, 0.25) is 0 Å². The third-order valence-corrected chi connectivity index (χ3v) is 3.07. The first-order valence-electron chi connectivity index (χ1n) is 6.27. The van der Waals surface area contributed by atoms with Gasteiger partial charge in [0.15, 0.2) is 5.82 Å². The van der Waals surface area contributed by atoms with Crippen molar-refractivity contribution >= 4 is 11.3 Å². The van der Waals surface area contributed by atoms with Crippen LogP contribution in [0.1, 0.15) is 26.0 Å². The maximum Gasteiger partial charge on any atom is 0.152 e. The summed E-state index contributed by atoms with van der Waals surface area (Å²) in [6.07, 6.45) is 4.61. The van der Waals surface area contributed by atoms with Gasteiger partial charge in [-0.1, -0.05) is 13.8 Å². The van der Waals surface area contributed by atoms with E-state index < -0.39 is 0 Å². The Kier molecular flexibility index (Phi) is 3.52. The molecule has 0 aromatic carbocycles. The summed E-state index contributed by atoms with van der Waals surface area (Å²) in [4.78, 5) is 4.38.